The van der Waals surface area contributed by atoms with E-state index in [4.69, 9.17) is 9.84 Å². The molecule has 1 aliphatic rings. The highest BCUT2D eigenvalue weighted by molar-refractivity contribution is 7.87. The fourth-order valence-corrected chi connectivity index (χ4v) is 3.34. The molecule has 0 aromatic carbocycles. The van der Waals surface area contributed by atoms with Gasteiger partial charge in [0.25, 0.3) is 10.2 Å². The van der Waals surface area contributed by atoms with Gasteiger partial charge in [-0.05, 0) is 12.8 Å². The Bertz CT molecular complexity index is 299. The summed E-state index contributed by atoms with van der Waals surface area (Å²) < 4.78 is 32.8. The van der Waals surface area contributed by atoms with Crippen LogP contribution in [0.4, 0.5) is 0 Å². The molecule has 0 saturated carbocycles. The van der Waals surface area contributed by atoms with Crippen LogP contribution in [0.1, 0.15) is 25.7 Å². The van der Waals surface area contributed by atoms with Crippen LogP contribution in [-0.2, 0) is 14.9 Å². The lowest BCUT2D eigenvalue weighted by Gasteiger charge is -2.23. The van der Waals surface area contributed by atoms with E-state index in [0.717, 1.165) is 25.7 Å². The quantitative estimate of drug-likeness (QED) is 0.692. The Morgan fingerprint density at radius 2 is 1.88 bits per heavy atom. The molecule has 0 aromatic rings. The molecular formula is C10H22N2O4S. The summed E-state index contributed by atoms with van der Waals surface area (Å²) >= 11 is 0. The van der Waals surface area contributed by atoms with Gasteiger partial charge in [0.05, 0.1) is 19.3 Å². The number of aliphatic hydroxyl groups is 1. The summed E-state index contributed by atoms with van der Waals surface area (Å²) in [5.41, 5.74) is 0. The standard InChI is InChI=1S/C10H22N2O4S/c1-16-9-10(8-13)11-17(14,15)12-6-4-2-3-5-7-12/h10-11,13H,2-9H2,1H3. The zero-order chi connectivity index (χ0) is 12.7. The van der Waals surface area contributed by atoms with Crippen LogP contribution < -0.4 is 4.72 Å². The van der Waals surface area contributed by atoms with E-state index in [1.54, 1.807) is 0 Å². The first-order valence-electron chi connectivity index (χ1n) is 5.97. The molecule has 0 radical (unpaired) electrons. The maximum Gasteiger partial charge on any atom is 0.279 e. The van der Waals surface area contributed by atoms with Crippen LogP contribution in [0.2, 0.25) is 0 Å². The Morgan fingerprint density at radius 3 is 2.35 bits per heavy atom. The van der Waals surface area contributed by atoms with E-state index in [0.29, 0.717) is 13.1 Å². The van der Waals surface area contributed by atoms with Crippen molar-refractivity contribution in [1.29, 1.82) is 0 Å². The molecule has 0 aromatic heterocycles. The number of rotatable bonds is 6. The second-order valence-electron chi connectivity index (χ2n) is 4.27. The zero-order valence-electron chi connectivity index (χ0n) is 10.3. The molecule has 102 valence electrons. The predicted molar refractivity (Wildman–Crippen MR) is 64.8 cm³/mol. The molecule has 0 aliphatic carbocycles. The lowest BCUT2D eigenvalue weighted by Crippen LogP contribution is -2.48. The van der Waals surface area contributed by atoms with Crippen molar-refractivity contribution < 1.29 is 18.3 Å². The van der Waals surface area contributed by atoms with Crippen molar-refractivity contribution in [2.75, 3.05) is 33.4 Å². The van der Waals surface area contributed by atoms with Crippen LogP contribution in [-0.4, -0.2) is 57.3 Å². The molecule has 1 fully saturated rings. The summed E-state index contributed by atoms with van der Waals surface area (Å²) in [6.45, 7) is 1.02. The average molecular weight is 266 g/mol. The first kappa shape index (κ1) is 14.8. The zero-order valence-corrected chi connectivity index (χ0v) is 11.1. The Kier molecular flexibility index (Phi) is 6.35. The SMILES string of the molecule is COCC(CO)NS(=O)(=O)N1CCCCCC1. The number of methoxy groups -OCH3 is 1. The molecule has 1 heterocycles. The van der Waals surface area contributed by atoms with Crippen LogP contribution in [0.25, 0.3) is 0 Å². The maximum absolute atomic E-state index is 12.0. The van der Waals surface area contributed by atoms with Gasteiger partial charge in [-0.15, -0.1) is 0 Å². The Morgan fingerprint density at radius 1 is 1.29 bits per heavy atom. The molecule has 1 saturated heterocycles. The molecule has 1 unspecified atom stereocenters. The van der Waals surface area contributed by atoms with E-state index in [2.05, 4.69) is 4.72 Å². The third-order valence-corrected chi connectivity index (χ3v) is 4.48. The van der Waals surface area contributed by atoms with Gasteiger partial charge in [0, 0.05) is 20.2 Å². The number of ether oxygens (including phenoxy) is 1. The normalized spacial score (nSPS) is 21.1. The van der Waals surface area contributed by atoms with Crippen LogP contribution in [0.5, 0.6) is 0 Å². The first-order valence-corrected chi connectivity index (χ1v) is 7.41. The van der Waals surface area contributed by atoms with Gasteiger partial charge in [0.2, 0.25) is 0 Å². The van der Waals surface area contributed by atoms with E-state index in [1.807, 2.05) is 0 Å². The third kappa shape index (κ3) is 4.89. The lowest BCUT2D eigenvalue weighted by molar-refractivity contribution is 0.138. The van der Waals surface area contributed by atoms with E-state index in [-0.39, 0.29) is 13.2 Å². The van der Waals surface area contributed by atoms with E-state index < -0.39 is 16.3 Å². The summed E-state index contributed by atoms with van der Waals surface area (Å²) in [5.74, 6) is 0. The van der Waals surface area contributed by atoms with Crippen molar-refractivity contribution in [3.8, 4) is 0 Å². The van der Waals surface area contributed by atoms with Crippen LogP contribution in [0.3, 0.4) is 0 Å². The van der Waals surface area contributed by atoms with E-state index in [9.17, 15) is 8.42 Å². The second kappa shape index (κ2) is 7.27. The smallest absolute Gasteiger partial charge is 0.279 e. The topological polar surface area (TPSA) is 78.9 Å². The molecule has 17 heavy (non-hydrogen) atoms. The second-order valence-corrected chi connectivity index (χ2v) is 5.97. The number of aliphatic hydroxyl groups excluding tert-OH is 1. The average Bonchev–Trinajstić information content (AvgIpc) is 2.57. The van der Waals surface area contributed by atoms with Crippen molar-refractivity contribution in [3.63, 3.8) is 0 Å². The Balaban J connectivity index is 2.58. The molecule has 0 amide bonds. The highest BCUT2D eigenvalue weighted by Crippen LogP contribution is 2.12. The van der Waals surface area contributed by atoms with Gasteiger partial charge < -0.3 is 9.84 Å². The van der Waals surface area contributed by atoms with Gasteiger partial charge in [0.1, 0.15) is 0 Å². The number of hydrogen-bond donors (Lipinski definition) is 2. The van der Waals surface area contributed by atoms with Gasteiger partial charge in [-0.1, -0.05) is 12.8 Å². The van der Waals surface area contributed by atoms with Crippen LogP contribution in [0, 0.1) is 0 Å². The predicted octanol–water partition coefficient (Wildman–Crippen LogP) is -0.296. The van der Waals surface area contributed by atoms with Crippen LogP contribution in [0.15, 0.2) is 0 Å². The van der Waals surface area contributed by atoms with Gasteiger partial charge in [-0.3, -0.25) is 0 Å². The molecule has 7 heteroatoms. The highest BCUT2D eigenvalue weighted by Gasteiger charge is 2.25. The number of hydrogen-bond acceptors (Lipinski definition) is 4. The molecule has 1 rings (SSSR count). The van der Waals surface area contributed by atoms with Gasteiger partial charge in [-0.2, -0.15) is 17.4 Å². The van der Waals surface area contributed by atoms with Crippen molar-refractivity contribution in [2.45, 2.75) is 31.7 Å². The summed E-state index contributed by atoms with van der Waals surface area (Å²) in [6.07, 6.45) is 3.95. The van der Waals surface area contributed by atoms with Crippen molar-refractivity contribution in [3.05, 3.63) is 0 Å². The fourth-order valence-electron chi connectivity index (χ4n) is 1.89. The van der Waals surface area contributed by atoms with Gasteiger partial charge in [0.15, 0.2) is 0 Å². The largest absolute Gasteiger partial charge is 0.395 e. The van der Waals surface area contributed by atoms with Crippen molar-refractivity contribution in [2.24, 2.45) is 0 Å². The minimum atomic E-state index is -3.50. The van der Waals surface area contributed by atoms with Crippen molar-refractivity contribution in [1.82, 2.24) is 9.03 Å². The minimum absolute atomic E-state index is 0.170. The van der Waals surface area contributed by atoms with Crippen LogP contribution >= 0.6 is 0 Å². The maximum atomic E-state index is 12.0. The number of nitrogens with one attached hydrogen (secondary N) is 1. The molecule has 2 N–H and O–H groups in total. The third-order valence-electron chi connectivity index (χ3n) is 2.81. The molecule has 0 bridgehead atoms. The van der Waals surface area contributed by atoms with Crippen molar-refractivity contribution >= 4 is 10.2 Å². The minimum Gasteiger partial charge on any atom is -0.395 e. The lowest BCUT2D eigenvalue weighted by atomic mass is 10.2. The highest BCUT2D eigenvalue weighted by atomic mass is 32.2. The van der Waals surface area contributed by atoms with E-state index in [1.165, 1.54) is 11.4 Å². The molecule has 6 nitrogen and oxygen atoms in total. The monoisotopic (exact) mass is 266 g/mol. The Hall–Kier alpha value is -0.210. The fraction of sp³-hybridized carbons (Fsp3) is 1.00. The molecule has 1 aliphatic heterocycles. The summed E-state index contributed by atoms with van der Waals surface area (Å²) in [5, 5.41) is 9.05. The molecule has 0 spiro atoms. The summed E-state index contributed by atoms with van der Waals surface area (Å²) in [7, 11) is -2.02. The molecular weight excluding hydrogens is 244 g/mol. The summed E-state index contributed by atoms with van der Waals surface area (Å²) in [6, 6.07) is -0.576. The number of nitrogens with zero attached hydrogens (tertiary/aromatic N) is 1. The summed E-state index contributed by atoms with van der Waals surface area (Å²) in [4.78, 5) is 0. The Labute approximate surface area is 103 Å². The van der Waals surface area contributed by atoms with Gasteiger partial charge >= 0.3 is 0 Å². The van der Waals surface area contributed by atoms with Gasteiger partial charge in [-0.25, -0.2) is 0 Å². The van der Waals surface area contributed by atoms with E-state index >= 15 is 0 Å². The first-order chi connectivity index (χ1) is 8.10. The molecule has 1 atom stereocenters.